The average Bonchev–Trinajstić information content (AvgIpc) is 2.46. The molecule has 0 unspecified atom stereocenters. The van der Waals surface area contributed by atoms with Crippen LogP contribution in [0.3, 0.4) is 0 Å². The van der Waals surface area contributed by atoms with Gasteiger partial charge in [-0.15, -0.1) is 0 Å². The topological polar surface area (TPSA) is 53.3 Å². The van der Waals surface area contributed by atoms with Crippen LogP contribution in [-0.2, 0) is 9.53 Å². The Bertz CT molecular complexity index is 511. The number of ether oxygens (including phenoxy) is 1. The maximum atomic E-state index is 11.5. The number of piperidine rings is 1. The Balaban J connectivity index is 2.10. The second-order valence-corrected chi connectivity index (χ2v) is 4.92. The molecule has 0 aromatic heterocycles. The van der Waals surface area contributed by atoms with Crippen molar-refractivity contribution in [1.29, 1.82) is 5.26 Å². The molecule has 0 bridgehead atoms. The third-order valence-corrected chi connectivity index (χ3v) is 3.64. The second-order valence-electron chi connectivity index (χ2n) is 4.92. The van der Waals surface area contributed by atoms with Crippen molar-refractivity contribution in [3.8, 4) is 6.07 Å². The van der Waals surface area contributed by atoms with Gasteiger partial charge in [0.15, 0.2) is 0 Å². The first-order valence-electron chi connectivity index (χ1n) is 6.49. The minimum atomic E-state index is -0.121. The van der Waals surface area contributed by atoms with Crippen molar-refractivity contribution in [2.24, 2.45) is 5.92 Å². The van der Waals surface area contributed by atoms with Crippen LogP contribution in [0.1, 0.15) is 24.0 Å². The predicted octanol–water partition coefficient (Wildman–Crippen LogP) is 2.26. The number of carbonyl (C=O) groups excluding carboxylic acids is 1. The molecule has 19 heavy (non-hydrogen) atoms. The summed E-state index contributed by atoms with van der Waals surface area (Å²) >= 11 is 0. The number of benzene rings is 1. The molecular formula is C15H18N2O2. The van der Waals surface area contributed by atoms with Gasteiger partial charge in [0.1, 0.15) is 6.07 Å². The average molecular weight is 258 g/mol. The van der Waals surface area contributed by atoms with Crippen LogP contribution in [0.4, 0.5) is 5.69 Å². The van der Waals surface area contributed by atoms with Gasteiger partial charge in [0, 0.05) is 13.1 Å². The summed E-state index contributed by atoms with van der Waals surface area (Å²) in [5.74, 6) is -0.124. The van der Waals surface area contributed by atoms with E-state index in [4.69, 9.17) is 4.74 Å². The molecule has 1 saturated heterocycles. The lowest BCUT2D eigenvalue weighted by molar-refractivity contribution is -0.146. The van der Waals surface area contributed by atoms with Crippen LogP contribution < -0.4 is 4.90 Å². The van der Waals surface area contributed by atoms with Gasteiger partial charge >= 0.3 is 5.97 Å². The number of carbonyl (C=O) groups is 1. The number of hydrogen-bond acceptors (Lipinski definition) is 4. The van der Waals surface area contributed by atoms with Gasteiger partial charge in [-0.2, -0.15) is 5.26 Å². The number of esters is 1. The van der Waals surface area contributed by atoms with Crippen LogP contribution in [0.5, 0.6) is 0 Å². The van der Waals surface area contributed by atoms with E-state index >= 15 is 0 Å². The molecule has 2 rings (SSSR count). The quantitative estimate of drug-likeness (QED) is 0.763. The lowest BCUT2D eigenvalue weighted by Gasteiger charge is -2.33. The van der Waals surface area contributed by atoms with Crippen LogP contribution in [0.25, 0.3) is 0 Å². The molecule has 0 spiro atoms. The molecule has 0 saturated carbocycles. The molecule has 0 atom stereocenters. The third kappa shape index (κ3) is 2.87. The van der Waals surface area contributed by atoms with E-state index in [0.29, 0.717) is 5.56 Å². The molecule has 0 amide bonds. The standard InChI is InChI=1S/C15H18N2O2/c1-11-3-4-14(13(9-11)10-16)17-7-5-12(6-8-17)15(18)19-2/h3-4,9,12H,5-8H2,1-2H3. The van der Waals surface area contributed by atoms with Crippen LogP contribution >= 0.6 is 0 Å². The van der Waals surface area contributed by atoms with E-state index in [1.807, 2.05) is 25.1 Å². The van der Waals surface area contributed by atoms with Crippen molar-refractivity contribution in [2.75, 3.05) is 25.1 Å². The van der Waals surface area contributed by atoms with Gasteiger partial charge in [-0.1, -0.05) is 6.07 Å². The molecule has 1 fully saturated rings. The molecule has 100 valence electrons. The highest BCUT2D eigenvalue weighted by atomic mass is 16.5. The summed E-state index contributed by atoms with van der Waals surface area (Å²) < 4.78 is 4.78. The Morgan fingerprint density at radius 3 is 2.68 bits per heavy atom. The minimum Gasteiger partial charge on any atom is -0.469 e. The molecule has 1 aliphatic heterocycles. The normalized spacial score (nSPS) is 15.9. The number of hydrogen-bond donors (Lipinski definition) is 0. The summed E-state index contributed by atoms with van der Waals surface area (Å²) in [7, 11) is 1.43. The number of anilines is 1. The lowest BCUT2D eigenvalue weighted by atomic mass is 9.96. The van der Waals surface area contributed by atoms with Gasteiger partial charge in [0.25, 0.3) is 0 Å². The van der Waals surface area contributed by atoms with Crippen LogP contribution in [0.15, 0.2) is 18.2 Å². The molecular weight excluding hydrogens is 240 g/mol. The SMILES string of the molecule is COC(=O)C1CCN(c2ccc(C)cc2C#N)CC1. The van der Waals surface area contributed by atoms with E-state index in [0.717, 1.165) is 37.2 Å². The van der Waals surface area contributed by atoms with Gasteiger partial charge in [0.05, 0.1) is 24.3 Å². The first-order chi connectivity index (χ1) is 9.15. The number of nitriles is 1. The fraction of sp³-hybridized carbons (Fsp3) is 0.467. The zero-order chi connectivity index (χ0) is 13.8. The van der Waals surface area contributed by atoms with Crippen LogP contribution in [-0.4, -0.2) is 26.2 Å². The summed E-state index contributed by atoms with van der Waals surface area (Å²) in [5, 5.41) is 9.20. The van der Waals surface area contributed by atoms with Gasteiger partial charge in [-0.3, -0.25) is 4.79 Å². The number of rotatable bonds is 2. The van der Waals surface area contributed by atoms with Gasteiger partial charge in [0.2, 0.25) is 0 Å². The summed E-state index contributed by atoms with van der Waals surface area (Å²) in [5.41, 5.74) is 2.76. The molecule has 1 aromatic carbocycles. The Kier molecular flexibility index (Phi) is 4.06. The Morgan fingerprint density at radius 1 is 1.42 bits per heavy atom. The lowest BCUT2D eigenvalue weighted by Crippen LogP contribution is -2.37. The minimum absolute atomic E-state index is 0.00256. The molecule has 1 heterocycles. The number of methoxy groups -OCH3 is 1. The molecule has 4 nitrogen and oxygen atoms in total. The van der Waals surface area contributed by atoms with Crippen molar-refractivity contribution in [3.05, 3.63) is 29.3 Å². The molecule has 0 radical (unpaired) electrons. The molecule has 0 N–H and O–H groups in total. The fourth-order valence-electron chi connectivity index (χ4n) is 2.54. The summed E-state index contributed by atoms with van der Waals surface area (Å²) in [4.78, 5) is 13.7. The summed E-state index contributed by atoms with van der Waals surface area (Å²) in [6.07, 6.45) is 1.57. The summed E-state index contributed by atoms with van der Waals surface area (Å²) in [6.45, 7) is 3.56. The van der Waals surface area contributed by atoms with E-state index in [2.05, 4.69) is 11.0 Å². The van der Waals surface area contributed by atoms with E-state index in [1.165, 1.54) is 7.11 Å². The highest BCUT2D eigenvalue weighted by Crippen LogP contribution is 2.27. The zero-order valence-corrected chi connectivity index (χ0v) is 11.3. The van der Waals surface area contributed by atoms with Crippen LogP contribution in [0.2, 0.25) is 0 Å². The predicted molar refractivity (Wildman–Crippen MR) is 72.8 cm³/mol. The van der Waals surface area contributed by atoms with Crippen molar-refractivity contribution in [3.63, 3.8) is 0 Å². The highest BCUT2D eigenvalue weighted by Gasteiger charge is 2.26. The van der Waals surface area contributed by atoms with Crippen molar-refractivity contribution >= 4 is 11.7 Å². The van der Waals surface area contributed by atoms with E-state index in [9.17, 15) is 10.1 Å². The maximum Gasteiger partial charge on any atom is 0.308 e. The first-order valence-corrected chi connectivity index (χ1v) is 6.49. The van der Waals surface area contributed by atoms with E-state index < -0.39 is 0 Å². The van der Waals surface area contributed by atoms with Crippen molar-refractivity contribution < 1.29 is 9.53 Å². The van der Waals surface area contributed by atoms with Crippen LogP contribution in [0, 0.1) is 24.2 Å². The van der Waals surface area contributed by atoms with E-state index in [-0.39, 0.29) is 11.9 Å². The zero-order valence-electron chi connectivity index (χ0n) is 11.3. The largest absolute Gasteiger partial charge is 0.469 e. The van der Waals surface area contributed by atoms with Gasteiger partial charge in [-0.05, 0) is 37.5 Å². The third-order valence-electron chi connectivity index (χ3n) is 3.64. The monoisotopic (exact) mass is 258 g/mol. The molecule has 1 aromatic rings. The highest BCUT2D eigenvalue weighted by molar-refractivity contribution is 5.73. The molecule has 1 aliphatic rings. The second kappa shape index (κ2) is 5.75. The smallest absolute Gasteiger partial charge is 0.308 e. The molecule has 0 aliphatic carbocycles. The van der Waals surface area contributed by atoms with Crippen molar-refractivity contribution in [1.82, 2.24) is 0 Å². The first kappa shape index (κ1) is 13.4. The maximum absolute atomic E-state index is 11.5. The fourth-order valence-corrected chi connectivity index (χ4v) is 2.54. The Morgan fingerprint density at radius 2 is 2.11 bits per heavy atom. The summed E-state index contributed by atoms with van der Waals surface area (Å²) in [6, 6.07) is 8.16. The Labute approximate surface area is 113 Å². The van der Waals surface area contributed by atoms with Gasteiger partial charge in [-0.25, -0.2) is 0 Å². The number of aryl methyl sites for hydroxylation is 1. The van der Waals surface area contributed by atoms with Gasteiger partial charge < -0.3 is 9.64 Å². The number of nitrogens with zero attached hydrogens (tertiary/aromatic N) is 2. The van der Waals surface area contributed by atoms with E-state index in [1.54, 1.807) is 0 Å². The molecule has 4 heteroatoms. The van der Waals surface area contributed by atoms with Crippen molar-refractivity contribution in [2.45, 2.75) is 19.8 Å². The Hall–Kier alpha value is -2.02.